The number of halogens is 3. The van der Waals surface area contributed by atoms with Crippen LogP contribution in [0.25, 0.3) is 0 Å². The Balaban J connectivity index is 4.42. The minimum atomic E-state index is -4.18. The molecule has 0 aromatic heterocycles. The molecule has 0 aromatic carbocycles. The number of hydrogen-bond acceptors (Lipinski definition) is 3. The van der Waals surface area contributed by atoms with Gasteiger partial charge in [0.05, 0.1) is 6.61 Å². The van der Waals surface area contributed by atoms with Crippen LogP contribution in [-0.2, 0) is 9.53 Å². The standard InChI is InChI=1S/C12H22F3NO2/c1-4-9-16-11(3,10(17)18-5-2)7-6-8-12(13,14)15/h16H,4-9H2,1-3H3. The number of nitrogens with one attached hydrogen (secondary N) is 1. The quantitative estimate of drug-likeness (QED) is 0.688. The Morgan fingerprint density at radius 3 is 2.28 bits per heavy atom. The fourth-order valence-corrected chi connectivity index (χ4v) is 1.60. The number of carbonyl (C=O) groups is 1. The Labute approximate surface area is 106 Å². The van der Waals surface area contributed by atoms with Gasteiger partial charge in [0.15, 0.2) is 0 Å². The second-order valence-corrected chi connectivity index (χ2v) is 4.45. The lowest BCUT2D eigenvalue weighted by molar-refractivity contribution is -0.153. The van der Waals surface area contributed by atoms with Gasteiger partial charge in [0.25, 0.3) is 0 Å². The first-order valence-electron chi connectivity index (χ1n) is 6.24. The molecule has 1 unspecified atom stereocenters. The monoisotopic (exact) mass is 269 g/mol. The molecule has 0 radical (unpaired) electrons. The molecule has 0 saturated heterocycles. The van der Waals surface area contributed by atoms with E-state index in [1.165, 1.54) is 0 Å². The average molecular weight is 269 g/mol. The summed E-state index contributed by atoms with van der Waals surface area (Å²) in [5.74, 6) is -0.486. The average Bonchev–Trinajstić information content (AvgIpc) is 2.25. The van der Waals surface area contributed by atoms with Crippen LogP contribution in [0.1, 0.15) is 46.5 Å². The van der Waals surface area contributed by atoms with Gasteiger partial charge in [-0.05, 0) is 39.7 Å². The fourth-order valence-electron chi connectivity index (χ4n) is 1.60. The number of esters is 1. The zero-order valence-corrected chi connectivity index (χ0v) is 11.2. The molecule has 108 valence electrons. The molecule has 18 heavy (non-hydrogen) atoms. The predicted molar refractivity (Wildman–Crippen MR) is 63.2 cm³/mol. The third-order valence-electron chi connectivity index (χ3n) is 2.63. The summed E-state index contributed by atoms with van der Waals surface area (Å²) in [5.41, 5.74) is -1.03. The Morgan fingerprint density at radius 1 is 1.22 bits per heavy atom. The number of carbonyl (C=O) groups excluding carboxylic acids is 1. The summed E-state index contributed by atoms with van der Waals surface area (Å²) in [6.45, 7) is 5.99. The van der Waals surface area contributed by atoms with Crippen molar-refractivity contribution in [3.8, 4) is 0 Å². The summed E-state index contributed by atoms with van der Waals surface area (Å²) in [7, 11) is 0. The Morgan fingerprint density at radius 2 is 1.83 bits per heavy atom. The van der Waals surface area contributed by atoms with Gasteiger partial charge in [0.2, 0.25) is 0 Å². The molecule has 0 aliphatic heterocycles. The summed E-state index contributed by atoms with van der Waals surface area (Å²) < 4.78 is 41.2. The van der Waals surface area contributed by atoms with Crippen LogP contribution in [0.15, 0.2) is 0 Å². The van der Waals surface area contributed by atoms with Gasteiger partial charge in [-0.15, -0.1) is 0 Å². The molecular formula is C12H22F3NO2. The van der Waals surface area contributed by atoms with Gasteiger partial charge in [-0.2, -0.15) is 13.2 Å². The van der Waals surface area contributed by atoms with E-state index in [1.807, 2.05) is 6.92 Å². The topological polar surface area (TPSA) is 38.3 Å². The van der Waals surface area contributed by atoms with E-state index in [1.54, 1.807) is 13.8 Å². The Bertz CT molecular complexity index is 256. The molecule has 6 heteroatoms. The van der Waals surface area contributed by atoms with Crippen LogP contribution in [0, 0.1) is 0 Å². The lowest BCUT2D eigenvalue weighted by Gasteiger charge is -2.28. The van der Waals surface area contributed by atoms with Crippen molar-refractivity contribution >= 4 is 5.97 Å². The molecule has 0 aliphatic carbocycles. The number of hydrogen-bond donors (Lipinski definition) is 1. The van der Waals surface area contributed by atoms with Crippen LogP contribution in [-0.4, -0.2) is 30.8 Å². The van der Waals surface area contributed by atoms with Crippen molar-refractivity contribution in [1.82, 2.24) is 5.32 Å². The van der Waals surface area contributed by atoms with E-state index in [4.69, 9.17) is 4.74 Å². The maximum absolute atomic E-state index is 12.1. The van der Waals surface area contributed by atoms with Crippen LogP contribution in [0.3, 0.4) is 0 Å². The fraction of sp³-hybridized carbons (Fsp3) is 0.917. The summed E-state index contributed by atoms with van der Waals surface area (Å²) in [6, 6.07) is 0. The van der Waals surface area contributed by atoms with Crippen molar-refractivity contribution in [2.24, 2.45) is 0 Å². The zero-order valence-electron chi connectivity index (χ0n) is 11.2. The van der Waals surface area contributed by atoms with Gasteiger partial charge in [0, 0.05) is 6.42 Å². The highest BCUT2D eigenvalue weighted by molar-refractivity contribution is 5.80. The summed E-state index contributed by atoms with van der Waals surface area (Å²) in [5, 5.41) is 2.97. The maximum atomic E-state index is 12.1. The number of ether oxygens (including phenoxy) is 1. The summed E-state index contributed by atoms with van der Waals surface area (Å²) in [6.07, 6.45) is -4.23. The first kappa shape index (κ1) is 17.2. The normalized spacial score (nSPS) is 15.2. The second kappa shape index (κ2) is 7.61. The maximum Gasteiger partial charge on any atom is 0.389 e. The molecule has 0 bridgehead atoms. The molecule has 1 atom stereocenters. The van der Waals surface area contributed by atoms with E-state index < -0.39 is 24.1 Å². The molecule has 0 amide bonds. The van der Waals surface area contributed by atoms with Gasteiger partial charge in [-0.25, -0.2) is 0 Å². The molecule has 0 rings (SSSR count). The minimum Gasteiger partial charge on any atom is -0.465 e. The van der Waals surface area contributed by atoms with Crippen molar-refractivity contribution in [2.75, 3.05) is 13.2 Å². The molecule has 1 N–H and O–H groups in total. The zero-order chi connectivity index (χ0) is 14.2. The van der Waals surface area contributed by atoms with E-state index in [2.05, 4.69) is 5.32 Å². The first-order valence-corrected chi connectivity index (χ1v) is 6.24. The lowest BCUT2D eigenvalue weighted by Crippen LogP contribution is -2.50. The highest BCUT2D eigenvalue weighted by Crippen LogP contribution is 2.25. The van der Waals surface area contributed by atoms with E-state index in [0.29, 0.717) is 6.54 Å². The van der Waals surface area contributed by atoms with E-state index in [9.17, 15) is 18.0 Å². The molecule has 0 fully saturated rings. The SMILES string of the molecule is CCCNC(C)(CCCC(F)(F)F)C(=O)OCC. The molecule has 0 aromatic rings. The van der Waals surface area contributed by atoms with E-state index in [0.717, 1.165) is 6.42 Å². The number of alkyl halides is 3. The van der Waals surface area contributed by atoms with Crippen LogP contribution in [0.2, 0.25) is 0 Å². The highest BCUT2D eigenvalue weighted by Gasteiger charge is 2.35. The summed E-state index contributed by atoms with van der Waals surface area (Å²) >= 11 is 0. The molecule has 0 saturated carbocycles. The smallest absolute Gasteiger partial charge is 0.389 e. The van der Waals surface area contributed by atoms with Crippen molar-refractivity contribution < 1.29 is 22.7 Å². The third-order valence-corrected chi connectivity index (χ3v) is 2.63. The second-order valence-electron chi connectivity index (χ2n) is 4.45. The van der Waals surface area contributed by atoms with Crippen molar-refractivity contribution in [3.63, 3.8) is 0 Å². The van der Waals surface area contributed by atoms with Crippen LogP contribution >= 0.6 is 0 Å². The predicted octanol–water partition coefficient (Wildman–Crippen LogP) is 3.04. The van der Waals surface area contributed by atoms with Crippen LogP contribution in [0.5, 0.6) is 0 Å². The third kappa shape index (κ3) is 6.83. The van der Waals surface area contributed by atoms with Crippen LogP contribution < -0.4 is 5.32 Å². The van der Waals surface area contributed by atoms with Gasteiger partial charge in [-0.3, -0.25) is 4.79 Å². The largest absolute Gasteiger partial charge is 0.465 e. The first-order chi connectivity index (χ1) is 8.25. The van der Waals surface area contributed by atoms with Gasteiger partial charge in [0.1, 0.15) is 5.54 Å². The molecule has 3 nitrogen and oxygen atoms in total. The molecular weight excluding hydrogens is 247 g/mol. The summed E-state index contributed by atoms with van der Waals surface area (Å²) in [4.78, 5) is 11.8. The van der Waals surface area contributed by atoms with Crippen molar-refractivity contribution in [3.05, 3.63) is 0 Å². The Kier molecular flexibility index (Phi) is 7.28. The Hall–Kier alpha value is -0.780. The molecule has 0 aliphatic rings. The van der Waals surface area contributed by atoms with Gasteiger partial charge in [-0.1, -0.05) is 6.92 Å². The van der Waals surface area contributed by atoms with Crippen molar-refractivity contribution in [2.45, 2.75) is 58.2 Å². The van der Waals surface area contributed by atoms with Gasteiger partial charge < -0.3 is 10.1 Å². The van der Waals surface area contributed by atoms with E-state index >= 15 is 0 Å². The highest BCUT2D eigenvalue weighted by atomic mass is 19.4. The molecule has 0 heterocycles. The van der Waals surface area contributed by atoms with Crippen LogP contribution in [0.4, 0.5) is 13.2 Å². The number of rotatable bonds is 8. The molecule has 0 spiro atoms. The minimum absolute atomic E-state index is 0.0878. The van der Waals surface area contributed by atoms with Crippen molar-refractivity contribution in [1.29, 1.82) is 0 Å². The van der Waals surface area contributed by atoms with E-state index in [-0.39, 0.29) is 19.4 Å². The van der Waals surface area contributed by atoms with Gasteiger partial charge >= 0.3 is 12.1 Å². The lowest BCUT2D eigenvalue weighted by atomic mass is 9.94.